The molecule has 0 fully saturated rings. The molecule has 0 unspecified atom stereocenters. The first kappa shape index (κ1) is 13.0. The van der Waals surface area contributed by atoms with E-state index in [0.29, 0.717) is 16.4 Å². The summed E-state index contributed by atoms with van der Waals surface area (Å²) in [4.78, 5) is 0. The standard InChI is InChI=1S/C9H10Br2O3S/c1-15(12,13)14-9-4-2-3-7(5-10)8(9)6-11/h2-4H,5-6H2,1H3. The molecule has 1 aromatic carbocycles. The molecule has 1 aromatic rings. The molecule has 0 aliphatic heterocycles. The van der Waals surface area contributed by atoms with Crippen molar-refractivity contribution < 1.29 is 12.6 Å². The van der Waals surface area contributed by atoms with E-state index in [-0.39, 0.29) is 0 Å². The second-order valence-corrected chi connectivity index (χ2v) is 5.64. The van der Waals surface area contributed by atoms with E-state index in [1.807, 2.05) is 6.07 Å². The molecule has 0 saturated carbocycles. The molecule has 0 radical (unpaired) electrons. The van der Waals surface area contributed by atoms with Gasteiger partial charge in [-0.05, 0) is 11.6 Å². The van der Waals surface area contributed by atoms with Gasteiger partial charge in [0.25, 0.3) is 0 Å². The van der Waals surface area contributed by atoms with Crippen LogP contribution < -0.4 is 4.18 Å². The van der Waals surface area contributed by atoms with Crippen LogP contribution in [-0.2, 0) is 20.8 Å². The molecule has 84 valence electrons. The first-order chi connectivity index (χ1) is 6.98. The van der Waals surface area contributed by atoms with Crippen molar-refractivity contribution in [3.8, 4) is 5.75 Å². The number of halogens is 2. The summed E-state index contributed by atoms with van der Waals surface area (Å²) in [5.41, 5.74) is 1.85. The van der Waals surface area contributed by atoms with Crippen molar-refractivity contribution in [1.29, 1.82) is 0 Å². The summed E-state index contributed by atoms with van der Waals surface area (Å²) >= 11 is 6.65. The lowest BCUT2D eigenvalue weighted by Crippen LogP contribution is -2.08. The molecule has 1 rings (SSSR count). The molecule has 0 atom stereocenters. The molecule has 15 heavy (non-hydrogen) atoms. The molecule has 0 amide bonds. The lowest BCUT2D eigenvalue weighted by Gasteiger charge is -2.10. The lowest BCUT2D eigenvalue weighted by atomic mass is 10.1. The Hall–Kier alpha value is -0.0700. The van der Waals surface area contributed by atoms with Gasteiger partial charge in [0.1, 0.15) is 5.75 Å². The third-order valence-corrected chi connectivity index (χ3v) is 3.40. The van der Waals surface area contributed by atoms with E-state index in [0.717, 1.165) is 17.4 Å². The van der Waals surface area contributed by atoms with Crippen LogP contribution in [0, 0.1) is 0 Å². The largest absolute Gasteiger partial charge is 0.382 e. The number of benzene rings is 1. The minimum absolute atomic E-state index is 0.381. The van der Waals surface area contributed by atoms with Gasteiger partial charge in [0, 0.05) is 16.2 Å². The highest BCUT2D eigenvalue weighted by atomic mass is 79.9. The van der Waals surface area contributed by atoms with E-state index < -0.39 is 10.1 Å². The molecule has 0 aliphatic carbocycles. The lowest BCUT2D eigenvalue weighted by molar-refractivity contribution is 0.490. The average molecular weight is 358 g/mol. The van der Waals surface area contributed by atoms with Gasteiger partial charge in [-0.2, -0.15) is 8.42 Å². The molecule has 0 aromatic heterocycles. The SMILES string of the molecule is CS(=O)(=O)Oc1cccc(CBr)c1CBr. The smallest absolute Gasteiger partial charge is 0.306 e. The molecule has 0 spiro atoms. The summed E-state index contributed by atoms with van der Waals surface area (Å²) < 4.78 is 26.9. The number of alkyl halides is 2. The van der Waals surface area contributed by atoms with Crippen LogP contribution in [0.4, 0.5) is 0 Å². The van der Waals surface area contributed by atoms with E-state index in [1.165, 1.54) is 0 Å². The van der Waals surface area contributed by atoms with Crippen LogP contribution in [0.2, 0.25) is 0 Å². The van der Waals surface area contributed by atoms with Crippen LogP contribution in [0.15, 0.2) is 18.2 Å². The first-order valence-electron chi connectivity index (χ1n) is 4.10. The highest BCUT2D eigenvalue weighted by Crippen LogP contribution is 2.27. The first-order valence-corrected chi connectivity index (χ1v) is 8.16. The summed E-state index contributed by atoms with van der Waals surface area (Å²) in [5.74, 6) is 0.381. The summed E-state index contributed by atoms with van der Waals surface area (Å²) in [6, 6.07) is 5.33. The van der Waals surface area contributed by atoms with Gasteiger partial charge in [-0.15, -0.1) is 0 Å². The van der Waals surface area contributed by atoms with E-state index >= 15 is 0 Å². The van der Waals surface area contributed by atoms with Gasteiger partial charge in [-0.25, -0.2) is 0 Å². The van der Waals surface area contributed by atoms with Gasteiger partial charge in [-0.3, -0.25) is 0 Å². The second-order valence-electron chi connectivity index (χ2n) is 2.95. The van der Waals surface area contributed by atoms with Gasteiger partial charge in [0.05, 0.1) is 6.26 Å². The highest BCUT2D eigenvalue weighted by Gasteiger charge is 2.11. The fourth-order valence-corrected chi connectivity index (χ4v) is 2.77. The average Bonchev–Trinajstić information content (AvgIpc) is 2.15. The summed E-state index contributed by atoms with van der Waals surface area (Å²) in [7, 11) is -3.47. The predicted molar refractivity (Wildman–Crippen MR) is 67.2 cm³/mol. The predicted octanol–water partition coefficient (Wildman–Crippen LogP) is 2.81. The molecule has 0 saturated heterocycles. The Labute approximate surface area is 106 Å². The van der Waals surface area contributed by atoms with E-state index in [9.17, 15) is 8.42 Å². The topological polar surface area (TPSA) is 43.4 Å². The Balaban J connectivity index is 3.18. The maximum Gasteiger partial charge on any atom is 0.306 e. The number of hydrogen-bond acceptors (Lipinski definition) is 3. The minimum atomic E-state index is -3.47. The fraction of sp³-hybridized carbons (Fsp3) is 0.333. The minimum Gasteiger partial charge on any atom is -0.382 e. The van der Waals surface area contributed by atoms with Gasteiger partial charge < -0.3 is 4.18 Å². The molecule has 3 nitrogen and oxygen atoms in total. The number of hydrogen-bond donors (Lipinski definition) is 0. The second kappa shape index (κ2) is 5.32. The Bertz CT molecular complexity index is 443. The van der Waals surface area contributed by atoms with Gasteiger partial charge in [0.2, 0.25) is 0 Å². The van der Waals surface area contributed by atoms with Gasteiger partial charge in [-0.1, -0.05) is 44.0 Å². The Morgan fingerprint density at radius 3 is 2.40 bits per heavy atom. The van der Waals surface area contributed by atoms with Crippen LogP contribution in [-0.4, -0.2) is 14.7 Å². The zero-order valence-electron chi connectivity index (χ0n) is 8.04. The summed E-state index contributed by atoms with van der Waals surface area (Å²) in [6.07, 6.45) is 1.03. The molecule has 6 heteroatoms. The fourth-order valence-electron chi connectivity index (χ4n) is 1.13. The third kappa shape index (κ3) is 3.77. The molecule has 0 aliphatic rings. The van der Waals surface area contributed by atoms with Crippen molar-refractivity contribution in [3.63, 3.8) is 0 Å². The zero-order valence-corrected chi connectivity index (χ0v) is 12.0. The van der Waals surface area contributed by atoms with E-state index in [4.69, 9.17) is 4.18 Å². The summed E-state index contributed by atoms with van der Waals surface area (Å²) in [6.45, 7) is 0. The molecular weight excluding hydrogens is 348 g/mol. The van der Waals surface area contributed by atoms with E-state index in [2.05, 4.69) is 31.9 Å². The molecule has 0 heterocycles. The monoisotopic (exact) mass is 356 g/mol. The van der Waals surface area contributed by atoms with E-state index in [1.54, 1.807) is 12.1 Å². The van der Waals surface area contributed by atoms with Crippen LogP contribution in [0.1, 0.15) is 11.1 Å². The van der Waals surface area contributed by atoms with Crippen molar-refractivity contribution in [2.24, 2.45) is 0 Å². The van der Waals surface area contributed by atoms with Crippen LogP contribution >= 0.6 is 31.9 Å². The molecular formula is C9H10Br2O3S. The maximum atomic E-state index is 11.0. The quantitative estimate of drug-likeness (QED) is 0.614. The van der Waals surface area contributed by atoms with Crippen LogP contribution in [0.3, 0.4) is 0 Å². The molecule has 0 N–H and O–H groups in total. The molecule has 0 bridgehead atoms. The Morgan fingerprint density at radius 2 is 1.93 bits per heavy atom. The van der Waals surface area contributed by atoms with Gasteiger partial charge >= 0.3 is 10.1 Å². The van der Waals surface area contributed by atoms with Crippen molar-refractivity contribution in [1.82, 2.24) is 0 Å². The van der Waals surface area contributed by atoms with Crippen LogP contribution in [0.5, 0.6) is 5.75 Å². The number of rotatable bonds is 4. The van der Waals surface area contributed by atoms with Crippen molar-refractivity contribution in [3.05, 3.63) is 29.3 Å². The van der Waals surface area contributed by atoms with Crippen molar-refractivity contribution >= 4 is 42.0 Å². The van der Waals surface area contributed by atoms with Crippen LogP contribution in [0.25, 0.3) is 0 Å². The zero-order chi connectivity index (χ0) is 11.5. The van der Waals surface area contributed by atoms with Gasteiger partial charge in [0.15, 0.2) is 0 Å². The normalized spacial score (nSPS) is 11.4. The Kier molecular flexibility index (Phi) is 4.61. The Morgan fingerprint density at radius 1 is 1.27 bits per heavy atom. The summed E-state index contributed by atoms with van der Waals surface area (Å²) in [5, 5.41) is 1.22. The van der Waals surface area contributed by atoms with Crippen molar-refractivity contribution in [2.75, 3.05) is 6.26 Å². The third-order valence-electron chi connectivity index (χ3n) is 1.75. The maximum absolute atomic E-state index is 11.0. The van der Waals surface area contributed by atoms with Crippen molar-refractivity contribution in [2.45, 2.75) is 10.7 Å². The highest BCUT2D eigenvalue weighted by molar-refractivity contribution is 9.09.